The summed E-state index contributed by atoms with van der Waals surface area (Å²) in [6.07, 6.45) is 1.40. The van der Waals surface area contributed by atoms with E-state index in [1.807, 2.05) is 6.07 Å². The number of ether oxygens (including phenoxy) is 2. The molecular formula is C15H18N2O4. The molecule has 0 amide bonds. The first-order valence-corrected chi connectivity index (χ1v) is 6.76. The Morgan fingerprint density at radius 1 is 1.29 bits per heavy atom. The molecule has 6 nitrogen and oxygen atoms in total. The third kappa shape index (κ3) is 4.02. The zero-order chi connectivity index (χ0) is 15.7. The van der Waals surface area contributed by atoms with Crippen molar-refractivity contribution in [2.24, 2.45) is 0 Å². The Balaban J connectivity index is 3.07. The molecule has 1 unspecified atom stereocenters. The van der Waals surface area contributed by atoms with Gasteiger partial charge in [0.1, 0.15) is 0 Å². The summed E-state index contributed by atoms with van der Waals surface area (Å²) in [5, 5.41) is 9.53. The van der Waals surface area contributed by atoms with Crippen molar-refractivity contribution in [2.75, 3.05) is 13.2 Å². The molecule has 1 atom stereocenters. The Morgan fingerprint density at radius 3 is 2.52 bits per heavy atom. The predicted octanol–water partition coefficient (Wildman–Crippen LogP) is 1.75. The molecule has 1 aromatic heterocycles. The van der Waals surface area contributed by atoms with Gasteiger partial charge in [-0.2, -0.15) is 5.26 Å². The third-order valence-electron chi connectivity index (χ3n) is 2.93. The Bertz CT molecular complexity index is 524. The molecule has 0 N–H and O–H groups in total. The Kier molecular flexibility index (Phi) is 6.34. The van der Waals surface area contributed by atoms with Crippen LogP contribution in [0.15, 0.2) is 24.4 Å². The summed E-state index contributed by atoms with van der Waals surface area (Å²) in [5.41, 5.74) is -1.32. The quantitative estimate of drug-likeness (QED) is 0.711. The number of rotatable bonds is 7. The second kappa shape index (κ2) is 8.00. The average Bonchev–Trinajstić information content (AvgIpc) is 2.50. The summed E-state index contributed by atoms with van der Waals surface area (Å²) in [7, 11) is 0. The topological polar surface area (TPSA) is 89.3 Å². The molecular weight excluding hydrogens is 272 g/mol. The molecule has 0 spiro atoms. The normalized spacial score (nSPS) is 12.8. The summed E-state index contributed by atoms with van der Waals surface area (Å²) >= 11 is 0. The number of carbonyl (C=O) groups is 2. The number of aromatic nitrogens is 1. The standard InChI is InChI=1S/C15H18N2O4/c1-3-20-13(18)8-9-15(11-16,14(19)21-4-2)12-7-5-6-10-17-12/h5-7,10H,3-4,8-9H2,1-2H3. The van der Waals surface area contributed by atoms with E-state index >= 15 is 0 Å². The molecule has 0 bridgehead atoms. The highest BCUT2D eigenvalue weighted by molar-refractivity contribution is 5.87. The number of pyridine rings is 1. The van der Waals surface area contributed by atoms with Gasteiger partial charge in [-0.05, 0) is 32.4 Å². The Morgan fingerprint density at radius 2 is 2.00 bits per heavy atom. The van der Waals surface area contributed by atoms with Crippen LogP contribution < -0.4 is 0 Å². The lowest BCUT2D eigenvalue weighted by Gasteiger charge is -2.23. The average molecular weight is 290 g/mol. The van der Waals surface area contributed by atoms with Crippen molar-refractivity contribution in [1.82, 2.24) is 4.98 Å². The minimum Gasteiger partial charge on any atom is -0.466 e. The van der Waals surface area contributed by atoms with Crippen LogP contribution in [0.2, 0.25) is 0 Å². The van der Waals surface area contributed by atoms with Crippen LogP contribution in [0.5, 0.6) is 0 Å². The minimum atomic E-state index is -1.59. The maximum absolute atomic E-state index is 12.2. The molecule has 6 heteroatoms. The van der Waals surface area contributed by atoms with E-state index in [1.54, 1.807) is 32.0 Å². The molecule has 0 aromatic carbocycles. The lowest BCUT2D eigenvalue weighted by molar-refractivity contribution is -0.149. The second-order valence-electron chi connectivity index (χ2n) is 4.26. The third-order valence-corrected chi connectivity index (χ3v) is 2.93. The van der Waals surface area contributed by atoms with Gasteiger partial charge >= 0.3 is 11.9 Å². The van der Waals surface area contributed by atoms with Gasteiger partial charge in [0.15, 0.2) is 5.41 Å². The van der Waals surface area contributed by atoms with E-state index in [2.05, 4.69) is 4.98 Å². The van der Waals surface area contributed by atoms with Crippen molar-refractivity contribution in [3.05, 3.63) is 30.1 Å². The summed E-state index contributed by atoms with van der Waals surface area (Å²) in [6, 6.07) is 6.91. The van der Waals surface area contributed by atoms with Crippen LogP contribution in [-0.4, -0.2) is 30.1 Å². The summed E-state index contributed by atoms with van der Waals surface area (Å²) in [5.74, 6) is -1.16. The van der Waals surface area contributed by atoms with Crippen LogP contribution in [0.25, 0.3) is 0 Å². The Hall–Kier alpha value is -2.42. The molecule has 1 heterocycles. The van der Waals surface area contributed by atoms with Gasteiger partial charge in [-0.25, -0.2) is 4.79 Å². The van der Waals surface area contributed by atoms with Crippen LogP contribution in [0, 0.1) is 11.3 Å². The largest absolute Gasteiger partial charge is 0.466 e. The lowest BCUT2D eigenvalue weighted by atomic mass is 9.81. The molecule has 0 fully saturated rings. The van der Waals surface area contributed by atoms with Gasteiger partial charge in [0.05, 0.1) is 25.0 Å². The van der Waals surface area contributed by atoms with E-state index in [-0.39, 0.29) is 31.7 Å². The second-order valence-corrected chi connectivity index (χ2v) is 4.26. The smallest absolute Gasteiger partial charge is 0.332 e. The molecule has 112 valence electrons. The fourth-order valence-corrected chi connectivity index (χ4v) is 1.89. The zero-order valence-electron chi connectivity index (χ0n) is 12.2. The minimum absolute atomic E-state index is 0.0296. The van der Waals surface area contributed by atoms with Gasteiger partial charge in [0, 0.05) is 12.6 Å². The highest BCUT2D eigenvalue weighted by atomic mass is 16.5. The Labute approximate surface area is 123 Å². The first kappa shape index (κ1) is 16.6. The molecule has 1 rings (SSSR count). The van der Waals surface area contributed by atoms with Crippen molar-refractivity contribution in [3.63, 3.8) is 0 Å². The van der Waals surface area contributed by atoms with E-state index < -0.39 is 17.4 Å². The summed E-state index contributed by atoms with van der Waals surface area (Å²) < 4.78 is 9.83. The maximum Gasteiger partial charge on any atom is 0.332 e. The van der Waals surface area contributed by atoms with Gasteiger partial charge in [-0.1, -0.05) is 6.07 Å². The van der Waals surface area contributed by atoms with Gasteiger partial charge in [-0.15, -0.1) is 0 Å². The van der Waals surface area contributed by atoms with Crippen LogP contribution in [0.4, 0.5) is 0 Å². The molecule has 0 aliphatic heterocycles. The lowest BCUT2D eigenvalue weighted by Crippen LogP contribution is -2.37. The fourth-order valence-electron chi connectivity index (χ4n) is 1.89. The van der Waals surface area contributed by atoms with Crippen LogP contribution in [-0.2, 0) is 24.5 Å². The monoisotopic (exact) mass is 290 g/mol. The molecule has 0 aliphatic carbocycles. The SMILES string of the molecule is CCOC(=O)CCC(C#N)(C(=O)OCC)c1ccccn1. The summed E-state index contributed by atoms with van der Waals surface area (Å²) in [4.78, 5) is 27.8. The zero-order valence-corrected chi connectivity index (χ0v) is 12.2. The van der Waals surface area contributed by atoms with E-state index in [1.165, 1.54) is 6.20 Å². The molecule has 0 radical (unpaired) electrons. The molecule has 0 saturated carbocycles. The van der Waals surface area contributed by atoms with E-state index in [0.29, 0.717) is 0 Å². The molecule has 0 aliphatic rings. The summed E-state index contributed by atoms with van der Waals surface area (Å²) in [6.45, 7) is 3.75. The van der Waals surface area contributed by atoms with Gasteiger partial charge < -0.3 is 9.47 Å². The maximum atomic E-state index is 12.2. The molecule has 0 saturated heterocycles. The van der Waals surface area contributed by atoms with Crippen LogP contribution in [0.3, 0.4) is 0 Å². The van der Waals surface area contributed by atoms with E-state index in [9.17, 15) is 14.9 Å². The van der Waals surface area contributed by atoms with E-state index in [0.717, 1.165) is 0 Å². The fraction of sp³-hybridized carbons (Fsp3) is 0.467. The van der Waals surface area contributed by atoms with Gasteiger partial charge in [-0.3, -0.25) is 9.78 Å². The van der Waals surface area contributed by atoms with Crippen molar-refractivity contribution in [1.29, 1.82) is 5.26 Å². The van der Waals surface area contributed by atoms with Crippen molar-refractivity contribution in [3.8, 4) is 6.07 Å². The van der Waals surface area contributed by atoms with Gasteiger partial charge in [0.2, 0.25) is 0 Å². The van der Waals surface area contributed by atoms with Crippen LogP contribution in [0.1, 0.15) is 32.4 Å². The first-order chi connectivity index (χ1) is 10.1. The van der Waals surface area contributed by atoms with Crippen LogP contribution >= 0.6 is 0 Å². The number of hydrogen-bond acceptors (Lipinski definition) is 6. The number of nitriles is 1. The highest BCUT2D eigenvalue weighted by Gasteiger charge is 2.44. The number of esters is 2. The van der Waals surface area contributed by atoms with Crippen molar-refractivity contribution < 1.29 is 19.1 Å². The van der Waals surface area contributed by atoms with E-state index in [4.69, 9.17) is 9.47 Å². The molecule has 1 aromatic rings. The highest BCUT2D eigenvalue weighted by Crippen LogP contribution is 2.29. The van der Waals surface area contributed by atoms with Gasteiger partial charge in [0.25, 0.3) is 0 Å². The number of carbonyl (C=O) groups excluding carboxylic acids is 2. The first-order valence-electron chi connectivity index (χ1n) is 6.76. The van der Waals surface area contributed by atoms with Crippen molar-refractivity contribution >= 4 is 11.9 Å². The number of nitrogens with zero attached hydrogens (tertiary/aromatic N) is 2. The molecule has 21 heavy (non-hydrogen) atoms. The van der Waals surface area contributed by atoms with Crippen molar-refractivity contribution in [2.45, 2.75) is 32.1 Å². The number of hydrogen-bond donors (Lipinski definition) is 0. The predicted molar refractivity (Wildman–Crippen MR) is 74.0 cm³/mol.